The zero-order valence-electron chi connectivity index (χ0n) is 31.1. The Kier molecular flexibility index (Phi) is 14.3. The number of fused-ring (bicyclic) bond motifs is 5. The highest BCUT2D eigenvalue weighted by Crippen LogP contribution is 2.63. The average Bonchev–Trinajstić information content (AvgIpc) is 3.46. The van der Waals surface area contributed by atoms with Crippen LogP contribution >= 0.6 is 0 Å². The summed E-state index contributed by atoms with van der Waals surface area (Å²) in [7, 11) is 1.83. The van der Waals surface area contributed by atoms with Crippen molar-refractivity contribution in [2.45, 2.75) is 127 Å². The molecular weight excluding hydrogens is 733 g/mol. The summed E-state index contributed by atoms with van der Waals surface area (Å²) in [4.78, 5) is 23.0. The van der Waals surface area contributed by atoms with Crippen LogP contribution in [0.15, 0.2) is 42.5 Å². The lowest BCUT2D eigenvalue weighted by molar-refractivity contribution is -0.384. The summed E-state index contributed by atoms with van der Waals surface area (Å²) >= 11 is -1.40. The van der Waals surface area contributed by atoms with Crippen molar-refractivity contribution in [1.29, 1.82) is 0 Å². The molecule has 8 nitrogen and oxygen atoms in total. The molecule has 7 atom stereocenters. The largest absolute Gasteiger partial charge is 0.616 e. The van der Waals surface area contributed by atoms with Gasteiger partial charge in [-0.15, -0.1) is 0 Å². The molecule has 0 aromatic heterocycles. The molecule has 3 aliphatic rings. The van der Waals surface area contributed by atoms with Crippen LogP contribution in [0, 0.1) is 33.3 Å². The van der Waals surface area contributed by atoms with Gasteiger partial charge in [0, 0.05) is 25.7 Å². The molecule has 54 heavy (non-hydrogen) atoms. The average molecular weight is 786 g/mol. The van der Waals surface area contributed by atoms with Crippen molar-refractivity contribution >= 4 is 23.0 Å². The Morgan fingerprint density at radius 3 is 2.19 bits per heavy atom. The Morgan fingerprint density at radius 2 is 1.52 bits per heavy atom. The summed E-state index contributed by atoms with van der Waals surface area (Å²) < 4.78 is 92.0. The van der Waals surface area contributed by atoms with E-state index in [1.807, 2.05) is 19.2 Å². The number of alkyl halides is 5. The van der Waals surface area contributed by atoms with Crippen LogP contribution in [0.4, 0.5) is 32.4 Å². The highest BCUT2D eigenvalue weighted by Gasteiger charge is 2.58. The van der Waals surface area contributed by atoms with Crippen LogP contribution in [-0.4, -0.2) is 52.4 Å². The second kappa shape index (κ2) is 18.3. The van der Waals surface area contributed by atoms with Crippen LogP contribution in [0.5, 0.6) is 11.5 Å². The Hall–Kier alpha value is -2.97. The Morgan fingerprint density at radius 1 is 0.889 bits per heavy atom. The normalized spacial score (nSPS) is 25.7. The van der Waals surface area contributed by atoms with Crippen LogP contribution in [0.1, 0.15) is 114 Å². The molecule has 0 saturated heterocycles. The molecule has 5 rings (SSSR count). The number of ether oxygens (including phenoxy) is 3. The maximum absolute atomic E-state index is 13.1. The van der Waals surface area contributed by atoms with Crippen LogP contribution in [-0.2, 0) is 22.3 Å². The third-order valence-corrected chi connectivity index (χ3v) is 13.7. The van der Waals surface area contributed by atoms with Crippen molar-refractivity contribution in [1.82, 2.24) is 0 Å². The number of nitrogens with zero attached hydrogens (tertiary/aromatic N) is 1. The van der Waals surface area contributed by atoms with E-state index < -0.39 is 47.2 Å². The van der Waals surface area contributed by atoms with Gasteiger partial charge in [0.05, 0.1) is 11.0 Å². The monoisotopic (exact) mass is 785 g/mol. The van der Waals surface area contributed by atoms with Gasteiger partial charge in [-0.3, -0.25) is 10.1 Å². The minimum atomic E-state index is -5.57. The van der Waals surface area contributed by atoms with Crippen LogP contribution in [0.3, 0.4) is 0 Å². The fraction of sp³-hybridized carbons (Fsp3) is 0.675. The number of nitro groups is 1. The number of rotatable bonds is 18. The quantitative estimate of drug-likeness (QED) is 0.0281. The zero-order chi connectivity index (χ0) is 39.1. The molecule has 2 fully saturated rings. The molecule has 2 saturated carbocycles. The van der Waals surface area contributed by atoms with E-state index >= 15 is 0 Å². The van der Waals surface area contributed by atoms with E-state index in [4.69, 9.17) is 14.2 Å². The predicted octanol–water partition coefficient (Wildman–Crippen LogP) is 11.1. The molecule has 0 spiro atoms. The molecule has 3 aliphatic carbocycles. The number of non-ortho nitro benzene ring substituents is 1. The maximum atomic E-state index is 13.1. The fourth-order valence-corrected chi connectivity index (χ4v) is 10.7. The zero-order valence-corrected chi connectivity index (χ0v) is 31.9. The molecule has 2 aromatic rings. The lowest BCUT2D eigenvalue weighted by Gasteiger charge is -2.53. The Balaban J connectivity index is 1.11. The van der Waals surface area contributed by atoms with Crippen LogP contribution < -0.4 is 9.47 Å². The summed E-state index contributed by atoms with van der Waals surface area (Å²) in [6.07, 6.45) is 5.14. The first-order chi connectivity index (χ1) is 25.6. The lowest BCUT2D eigenvalue weighted by Crippen LogP contribution is -2.47. The summed E-state index contributed by atoms with van der Waals surface area (Å²) in [5, 5.41) is 10.9. The summed E-state index contributed by atoms with van der Waals surface area (Å²) in [6.45, 7) is 2.41. The van der Waals surface area contributed by atoms with Crippen LogP contribution in [0.2, 0.25) is 0 Å². The summed E-state index contributed by atoms with van der Waals surface area (Å²) in [5.74, 6) is -2.03. The van der Waals surface area contributed by atoms with Gasteiger partial charge in [0.15, 0.2) is 0 Å². The van der Waals surface area contributed by atoms with E-state index in [1.54, 1.807) is 0 Å². The minimum Gasteiger partial charge on any atom is -0.616 e. The van der Waals surface area contributed by atoms with Gasteiger partial charge < -0.3 is 18.8 Å². The van der Waals surface area contributed by atoms with Gasteiger partial charge >= 0.3 is 18.3 Å². The van der Waals surface area contributed by atoms with E-state index in [9.17, 15) is 41.4 Å². The van der Waals surface area contributed by atoms with Crippen molar-refractivity contribution in [3.8, 4) is 11.5 Å². The standard InChI is InChI=1S/C40H52F5NO7S/c1-38-22-20-33-32-17-16-31(53-37(47)52-30-14-12-29(13-15-30)46(48)49)26-28(32)25-27(36(33)34(38)18-19-35(38)51-2)11-8-6-4-3-5-7-9-23-54(50)24-10-21-39(41,42)40(43,44)45/h12-17,26-27,33-36H,3-11,18-25H2,1-2H3/t27-,33-,34+,35+,36-,38+,54?/m1/s1. The number of hydrogen-bond acceptors (Lipinski definition) is 7. The third kappa shape index (κ3) is 10.3. The van der Waals surface area contributed by atoms with Crippen molar-refractivity contribution < 1.29 is 50.4 Å². The molecule has 300 valence electrons. The number of methoxy groups -OCH3 is 1. The summed E-state index contributed by atoms with van der Waals surface area (Å²) in [5.41, 5.74) is 2.56. The van der Waals surface area contributed by atoms with Crippen molar-refractivity contribution in [2.24, 2.45) is 23.2 Å². The number of hydrogen-bond donors (Lipinski definition) is 0. The van der Waals surface area contributed by atoms with E-state index in [2.05, 4.69) is 13.0 Å². The van der Waals surface area contributed by atoms with Crippen LogP contribution in [0.25, 0.3) is 0 Å². The highest BCUT2D eigenvalue weighted by atomic mass is 32.2. The second-order valence-corrected chi connectivity index (χ2v) is 17.3. The first-order valence-corrected chi connectivity index (χ1v) is 20.7. The number of carbonyl (C=O) groups excluding carboxylic acids is 1. The predicted molar refractivity (Wildman–Crippen MR) is 196 cm³/mol. The number of halogens is 5. The lowest BCUT2D eigenvalue weighted by atomic mass is 9.52. The first-order valence-electron chi connectivity index (χ1n) is 19.2. The SMILES string of the molecule is CO[C@H]1CC[C@H]2[C@@H]3[C@H](CCCCCCCCC[S+]([O-])CCCC(F)(F)C(F)(F)F)Cc4cc(OC(=O)Oc5ccc([N+](=O)[O-])cc5)ccc4[C@H]3CC[C@]12C. The van der Waals surface area contributed by atoms with E-state index in [0.29, 0.717) is 41.6 Å². The molecule has 2 aromatic carbocycles. The van der Waals surface area contributed by atoms with E-state index in [-0.39, 0.29) is 28.7 Å². The van der Waals surface area contributed by atoms with E-state index in [1.165, 1.54) is 35.4 Å². The van der Waals surface area contributed by atoms with Gasteiger partial charge in [-0.2, -0.15) is 22.0 Å². The molecule has 0 heterocycles. The number of carbonyl (C=O) groups is 1. The molecular formula is C40H52F5NO7S. The smallest absolute Gasteiger partial charge is 0.519 e. The molecule has 14 heteroatoms. The molecule has 0 bridgehead atoms. The Labute approximate surface area is 317 Å². The van der Waals surface area contributed by atoms with Crippen molar-refractivity contribution in [3.05, 3.63) is 63.7 Å². The topological polar surface area (TPSA) is 111 Å². The Bertz CT molecular complexity index is 1560. The maximum Gasteiger partial charge on any atom is 0.519 e. The molecule has 0 amide bonds. The molecule has 0 N–H and O–H groups in total. The number of benzene rings is 2. The minimum absolute atomic E-state index is 0.109. The van der Waals surface area contributed by atoms with Crippen molar-refractivity contribution in [3.63, 3.8) is 0 Å². The first kappa shape index (κ1) is 42.2. The molecule has 1 unspecified atom stereocenters. The van der Waals surface area contributed by atoms with Gasteiger partial charge in [0.25, 0.3) is 5.69 Å². The number of unbranched alkanes of at least 4 members (excludes halogenated alkanes) is 6. The van der Waals surface area contributed by atoms with Gasteiger partial charge in [-0.25, -0.2) is 4.79 Å². The van der Waals surface area contributed by atoms with Gasteiger partial charge in [0.2, 0.25) is 0 Å². The van der Waals surface area contributed by atoms with Gasteiger partial charge in [0.1, 0.15) is 23.0 Å². The van der Waals surface area contributed by atoms with E-state index in [0.717, 1.165) is 77.0 Å². The molecule has 0 aliphatic heterocycles. The second-order valence-electron chi connectivity index (χ2n) is 15.6. The third-order valence-electron chi connectivity index (χ3n) is 12.2. The van der Waals surface area contributed by atoms with Gasteiger partial charge in [-0.05, 0) is 122 Å². The van der Waals surface area contributed by atoms with Gasteiger partial charge in [-0.1, -0.05) is 56.3 Å². The highest BCUT2D eigenvalue weighted by molar-refractivity contribution is 7.91. The van der Waals surface area contributed by atoms with Crippen molar-refractivity contribution in [2.75, 3.05) is 18.6 Å². The number of nitro benzene ring substituents is 1. The molecule has 0 radical (unpaired) electrons. The summed E-state index contributed by atoms with van der Waals surface area (Å²) in [6, 6.07) is 11.1. The fourth-order valence-electron chi connectivity index (χ4n) is 9.55.